The monoisotopic (exact) mass is 269 g/mol. The van der Waals surface area contributed by atoms with Gasteiger partial charge in [-0.05, 0) is 13.0 Å². The second kappa shape index (κ2) is 5.57. The van der Waals surface area contributed by atoms with Crippen molar-refractivity contribution >= 4 is 5.78 Å². The molecule has 1 aromatic carbocycles. The first-order chi connectivity index (χ1) is 9.58. The highest BCUT2D eigenvalue weighted by atomic mass is 16.5. The highest BCUT2D eigenvalue weighted by Gasteiger charge is 2.27. The van der Waals surface area contributed by atoms with E-state index < -0.39 is 5.92 Å². The number of rotatable bonds is 4. The maximum absolute atomic E-state index is 12.5. The molecule has 0 amide bonds. The van der Waals surface area contributed by atoms with Crippen LogP contribution in [0.5, 0.6) is 5.75 Å². The minimum atomic E-state index is -0.894. The van der Waals surface area contributed by atoms with E-state index in [2.05, 4.69) is 11.2 Å². The van der Waals surface area contributed by atoms with Crippen LogP contribution >= 0.6 is 0 Å². The Kier molecular flexibility index (Phi) is 3.85. The van der Waals surface area contributed by atoms with Crippen LogP contribution in [0, 0.1) is 18.3 Å². The van der Waals surface area contributed by atoms with Crippen LogP contribution in [0.3, 0.4) is 0 Å². The Bertz CT molecular complexity index is 683. The molecule has 0 radical (unpaired) electrons. The summed E-state index contributed by atoms with van der Waals surface area (Å²) in [7, 11) is 3.27. The van der Waals surface area contributed by atoms with Crippen LogP contribution in [-0.2, 0) is 7.05 Å². The van der Waals surface area contributed by atoms with Crippen molar-refractivity contribution < 1.29 is 9.53 Å². The van der Waals surface area contributed by atoms with Crippen LogP contribution in [-0.4, -0.2) is 22.7 Å². The maximum atomic E-state index is 12.5. The average Bonchev–Trinajstić information content (AvgIpc) is 2.79. The Morgan fingerprint density at radius 3 is 2.70 bits per heavy atom. The van der Waals surface area contributed by atoms with Crippen LogP contribution in [0.25, 0.3) is 0 Å². The molecule has 20 heavy (non-hydrogen) atoms. The molecule has 5 nitrogen and oxygen atoms in total. The van der Waals surface area contributed by atoms with Gasteiger partial charge in [-0.3, -0.25) is 9.48 Å². The molecule has 0 aliphatic rings. The number of ketones is 1. The Labute approximate surface area is 117 Å². The molecule has 0 bridgehead atoms. The van der Waals surface area contributed by atoms with Crippen molar-refractivity contribution in [2.75, 3.05) is 7.11 Å². The fourth-order valence-corrected chi connectivity index (χ4v) is 2.17. The van der Waals surface area contributed by atoms with Gasteiger partial charge in [0.05, 0.1) is 24.4 Å². The quantitative estimate of drug-likeness (QED) is 0.798. The van der Waals surface area contributed by atoms with Crippen molar-refractivity contribution in [2.45, 2.75) is 12.8 Å². The molecule has 5 heteroatoms. The first kappa shape index (κ1) is 13.8. The first-order valence-corrected chi connectivity index (χ1v) is 6.15. The molecule has 1 heterocycles. The van der Waals surface area contributed by atoms with E-state index in [4.69, 9.17) is 4.74 Å². The molecule has 0 N–H and O–H groups in total. The SMILES string of the molecule is COc1ccccc1C(C#N)C(=O)c1cn(C)nc1C. The van der Waals surface area contributed by atoms with Gasteiger partial charge in [0, 0.05) is 18.8 Å². The van der Waals surface area contributed by atoms with Gasteiger partial charge in [-0.25, -0.2) is 0 Å². The third kappa shape index (κ3) is 2.41. The smallest absolute Gasteiger partial charge is 0.188 e. The number of aromatic nitrogens is 2. The van der Waals surface area contributed by atoms with E-state index >= 15 is 0 Å². The number of carbonyl (C=O) groups is 1. The van der Waals surface area contributed by atoms with E-state index in [1.165, 1.54) is 7.11 Å². The normalized spacial score (nSPS) is 11.7. The van der Waals surface area contributed by atoms with Crippen LogP contribution in [0.1, 0.15) is 27.5 Å². The number of nitrogens with zero attached hydrogens (tertiary/aromatic N) is 3. The molecule has 1 unspecified atom stereocenters. The van der Waals surface area contributed by atoms with Gasteiger partial charge in [0.25, 0.3) is 0 Å². The topological polar surface area (TPSA) is 67.9 Å². The minimum absolute atomic E-state index is 0.261. The van der Waals surface area contributed by atoms with Gasteiger partial charge in [-0.2, -0.15) is 10.4 Å². The van der Waals surface area contributed by atoms with Crippen LogP contribution < -0.4 is 4.74 Å². The summed E-state index contributed by atoms with van der Waals surface area (Å²) in [4.78, 5) is 12.5. The van der Waals surface area contributed by atoms with Gasteiger partial charge in [0.1, 0.15) is 11.7 Å². The Morgan fingerprint density at radius 2 is 2.15 bits per heavy atom. The van der Waals surface area contributed by atoms with Gasteiger partial charge in [0.2, 0.25) is 0 Å². The molecular formula is C15H15N3O2. The highest BCUT2D eigenvalue weighted by molar-refractivity contribution is 6.03. The third-order valence-corrected chi connectivity index (χ3v) is 3.12. The zero-order chi connectivity index (χ0) is 14.7. The highest BCUT2D eigenvalue weighted by Crippen LogP contribution is 2.29. The number of ether oxygens (including phenoxy) is 1. The lowest BCUT2D eigenvalue weighted by Crippen LogP contribution is -2.12. The van der Waals surface area contributed by atoms with Crippen LogP contribution in [0.15, 0.2) is 30.5 Å². The molecule has 102 valence electrons. The van der Waals surface area contributed by atoms with Crippen molar-refractivity contribution in [1.29, 1.82) is 5.26 Å². The standard InChI is InChI=1S/C15H15N3O2/c1-10-13(9-18(2)17-10)15(19)12(8-16)11-6-4-5-7-14(11)20-3/h4-7,9,12H,1-3H3. The predicted molar refractivity (Wildman–Crippen MR) is 73.6 cm³/mol. The summed E-state index contributed by atoms with van der Waals surface area (Å²) in [5, 5.41) is 13.5. The molecule has 0 fully saturated rings. The first-order valence-electron chi connectivity index (χ1n) is 6.15. The van der Waals surface area contributed by atoms with E-state index in [0.29, 0.717) is 22.6 Å². The summed E-state index contributed by atoms with van der Waals surface area (Å²) in [6, 6.07) is 9.12. The van der Waals surface area contributed by atoms with Gasteiger partial charge in [-0.15, -0.1) is 0 Å². The molecule has 1 atom stereocenters. The van der Waals surface area contributed by atoms with Crippen molar-refractivity contribution in [3.05, 3.63) is 47.3 Å². The molecule has 2 aromatic rings. The number of benzene rings is 1. The molecule has 0 saturated heterocycles. The summed E-state index contributed by atoms with van der Waals surface area (Å²) < 4.78 is 6.79. The molecular weight excluding hydrogens is 254 g/mol. The van der Waals surface area contributed by atoms with Gasteiger partial charge in [-0.1, -0.05) is 18.2 Å². The summed E-state index contributed by atoms with van der Waals surface area (Å²) in [5.74, 6) is -0.620. The molecule has 1 aromatic heterocycles. The molecule has 2 rings (SSSR count). The van der Waals surface area contributed by atoms with E-state index in [1.807, 2.05) is 0 Å². The number of hydrogen-bond donors (Lipinski definition) is 0. The zero-order valence-electron chi connectivity index (χ0n) is 11.6. The molecule has 0 saturated carbocycles. The molecule has 0 aliphatic carbocycles. The summed E-state index contributed by atoms with van der Waals surface area (Å²) in [6.07, 6.45) is 1.64. The van der Waals surface area contributed by atoms with Gasteiger partial charge >= 0.3 is 0 Å². The molecule has 0 spiro atoms. The lowest BCUT2D eigenvalue weighted by atomic mass is 9.91. The average molecular weight is 269 g/mol. The van der Waals surface area contributed by atoms with Crippen molar-refractivity contribution in [3.8, 4) is 11.8 Å². The van der Waals surface area contributed by atoms with Gasteiger partial charge < -0.3 is 4.74 Å². The van der Waals surface area contributed by atoms with Crippen molar-refractivity contribution in [2.24, 2.45) is 7.05 Å². The van der Waals surface area contributed by atoms with E-state index in [-0.39, 0.29) is 5.78 Å². The number of Topliss-reactive ketones (excluding diaryl/α,β-unsaturated/α-hetero) is 1. The lowest BCUT2D eigenvalue weighted by molar-refractivity contribution is 0.0977. The van der Waals surface area contributed by atoms with Crippen molar-refractivity contribution in [1.82, 2.24) is 9.78 Å². The summed E-state index contributed by atoms with van der Waals surface area (Å²) in [6.45, 7) is 1.75. The number of hydrogen-bond acceptors (Lipinski definition) is 4. The van der Waals surface area contributed by atoms with Crippen LogP contribution in [0.2, 0.25) is 0 Å². The maximum Gasteiger partial charge on any atom is 0.188 e. The Hall–Kier alpha value is -2.61. The fraction of sp³-hybridized carbons (Fsp3) is 0.267. The summed E-state index contributed by atoms with van der Waals surface area (Å²) in [5.41, 5.74) is 1.66. The van der Waals surface area contributed by atoms with E-state index in [1.54, 1.807) is 49.1 Å². The zero-order valence-corrected chi connectivity index (χ0v) is 11.6. The van der Waals surface area contributed by atoms with Gasteiger partial charge in [0.15, 0.2) is 5.78 Å². The number of aryl methyl sites for hydroxylation is 2. The predicted octanol–water partition coefficient (Wildman–Crippen LogP) is 2.23. The number of para-hydroxylation sites is 1. The second-order valence-corrected chi connectivity index (χ2v) is 4.47. The van der Waals surface area contributed by atoms with E-state index in [0.717, 1.165) is 0 Å². The molecule has 0 aliphatic heterocycles. The summed E-state index contributed by atoms with van der Waals surface area (Å²) >= 11 is 0. The third-order valence-electron chi connectivity index (χ3n) is 3.12. The Balaban J connectivity index is 2.45. The number of nitriles is 1. The largest absolute Gasteiger partial charge is 0.496 e. The van der Waals surface area contributed by atoms with Crippen LogP contribution in [0.4, 0.5) is 0 Å². The second-order valence-electron chi connectivity index (χ2n) is 4.47. The number of carbonyl (C=O) groups excluding carboxylic acids is 1. The van der Waals surface area contributed by atoms with Crippen molar-refractivity contribution in [3.63, 3.8) is 0 Å². The Morgan fingerprint density at radius 1 is 1.45 bits per heavy atom. The number of methoxy groups -OCH3 is 1. The lowest BCUT2D eigenvalue weighted by Gasteiger charge is -2.12. The minimum Gasteiger partial charge on any atom is -0.496 e. The van der Waals surface area contributed by atoms with E-state index in [9.17, 15) is 10.1 Å². The fourth-order valence-electron chi connectivity index (χ4n) is 2.17.